The number of nitrogens with one attached hydrogen (secondary N) is 2. The molecule has 0 saturated heterocycles. The van der Waals surface area contributed by atoms with E-state index in [2.05, 4.69) is 38.4 Å². The molecule has 0 bridgehead atoms. The van der Waals surface area contributed by atoms with Gasteiger partial charge in [0, 0.05) is 16.4 Å². The Morgan fingerprint density at radius 2 is 2.14 bits per heavy atom. The molecule has 1 heterocycles. The highest BCUT2D eigenvalue weighted by atomic mass is 79.9. The predicted molar refractivity (Wildman–Crippen MR) is 83.6 cm³/mol. The summed E-state index contributed by atoms with van der Waals surface area (Å²) in [6.07, 6.45) is 2.85. The van der Waals surface area contributed by atoms with Gasteiger partial charge in [-0.1, -0.05) is 28.1 Å². The molecular formula is C16H15BrN2O2. The number of hydrogen-bond acceptors (Lipinski definition) is 2. The standard InChI is InChI=1S/C16H15BrN2O2/c17-12-3-1-2-11(8-12)16(6-7-16)10-18-15(21)14-5-4-13(9-20)19-14/h1-5,8-9,19H,6-7,10H2,(H,18,21). The van der Waals surface area contributed by atoms with Gasteiger partial charge in [-0.15, -0.1) is 0 Å². The first kappa shape index (κ1) is 14.1. The number of benzene rings is 1. The summed E-state index contributed by atoms with van der Waals surface area (Å²) in [5.74, 6) is -0.177. The molecule has 5 heteroatoms. The summed E-state index contributed by atoms with van der Waals surface area (Å²) in [5, 5.41) is 2.96. The third kappa shape index (κ3) is 2.93. The van der Waals surface area contributed by atoms with Crippen molar-refractivity contribution in [2.45, 2.75) is 18.3 Å². The molecule has 3 rings (SSSR count). The average molecular weight is 347 g/mol. The van der Waals surface area contributed by atoms with Crippen LogP contribution in [0.3, 0.4) is 0 Å². The van der Waals surface area contributed by atoms with Crippen molar-refractivity contribution in [3.05, 3.63) is 57.8 Å². The zero-order valence-corrected chi connectivity index (χ0v) is 12.9. The maximum atomic E-state index is 12.1. The first-order valence-corrected chi connectivity index (χ1v) is 7.61. The van der Waals surface area contributed by atoms with E-state index in [0.29, 0.717) is 24.2 Å². The van der Waals surface area contributed by atoms with Crippen LogP contribution < -0.4 is 5.32 Å². The minimum Gasteiger partial charge on any atom is -0.350 e. The highest BCUT2D eigenvalue weighted by Crippen LogP contribution is 2.48. The van der Waals surface area contributed by atoms with Crippen LogP contribution in [0.25, 0.3) is 0 Å². The van der Waals surface area contributed by atoms with Gasteiger partial charge in [-0.25, -0.2) is 0 Å². The van der Waals surface area contributed by atoms with Crippen LogP contribution in [-0.2, 0) is 5.41 Å². The third-order valence-corrected chi connectivity index (χ3v) is 4.45. The van der Waals surface area contributed by atoms with Crippen molar-refractivity contribution in [2.75, 3.05) is 6.54 Å². The monoisotopic (exact) mass is 346 g/mol. The summed E-state index contributed by atoms with van der Waals surface area (Å²) in [6, 6.07) is 11.4. The molecule has 2 N–H and O–H groups in total. The highest BCUT2D eigenvalue weighted by Gasteiger charge is 2.44. The zero-order chi connectivity index (χ0) is 14.9. The number of hydrogen-bond donors (Lipinski definition) is 2. The van der Waals surface area contributed by atoms with Gasteiger partial charge in [0.05, 0.1) is 5.69 Å². The van der Waals surface area contributed by atoms with Crippen LogP contribution >= 0.6 is 15.9 Å². The minimum atomic E-state index is -0.177. The number of carbonyl (C=O) groups excluding carboxylic acids is 2. The van der Waals surface area contributed by atoms with Gasteiger partial charge in [-0.2, -0.15) is 0 Å². The Balaban J connectivity index is 1.67. The highest BCUT2D eigenvalue weighted by molar-refractivity contribution is 9.10. The van der Waals surface area contributed by atoms with Crippen LogP contribution in [0.15, 0.2) is 40.9 Å². The van der Waals surface area contributed by atoms with Gasteiger partial charge in [0.15, 0.2) is 6.29 Å². The van der Waals surface area contributed by atoms with Gasteiger partial charge in [0.2, 0.25) is 0 Å². The molecule has 1 aromatic heterocycles. The number of rotatable bonds is 5. The van der Waals surface area contributed by atoms with Crippen LogP contribution in [0, 0.1) is 0 Å². The van der Waals surface area contributed by atoms with Gasteiger partial charge in [0.25, 0.3) is 5.91 Å². The van der Waals surface area contributed by atoms with Gasteiger partial charge in [-0.3, -0.25) is 9.59 Å². The van der Waals surface area contributed by atoms with Crippen molar-refractivity contribution in [3.63, 3.8) is 0 Å². The van der Waals surface area contributed by atoms with Crippen molar-refractivity contribution in [2.24, 2.45) is 0 Å². The maximum absolute atomic E-state index is 12.1. The van der Waals surface area contributed by atoms with Crippen LogP contribution in [0.4, 0.5) is 0 Å². The van der Waals surface area contributed by atoms with E-state index in [9.17, 15) is 9.59 Å². The lowest BCUT2D eigenvalue weighted by Gasteiger charge is -2.16. The van der Waals surface area contributed by atoms with E-state index in [1.54, 1.807) is 12.1 Å². The Hall–Kier alpha value is -1.88. The van der Waals surface area contributed by atoms with Crippen molar-refractivity contribution in [3.8, 4) is 0 Å². The van der Waals surface area contributed by atoms with Crippen molar-refractivity contribution in [1.82, 2.24) is 10.3 Å². The Morgan fingerprint density at radius 3 is 2.76 bits per heavy atom. The van der Waals surface area contributed by atoms with Crippen molar-refractivity contribution < 1.29 is 9.59 Å². The van der Waals surface area contributed by atoms with Gasteiger partial charge >= 0.3 is 0 Å². The smallest absolute Gasteiger partial charge is 0.267 e. The van der Waals surface area contributed by atoms with Crippen LogP contribution in [-0.4, -0.2) is 23.7 Å². The Morgan fingerprint density at radius 1 is 1.33 bits per heavy atom. The molecule has 1 saturated carbocycles. The summed E-state index contributed by atoms with van der Waals surface area (Å²) < 4.78 is 1.05. The molecule has 108 valence electrons. The van der Waals surface area contributed by atoms with Gasteiger partial charge < -0.3 is 10.3 Å². The number of carbonyl (C=O) groups is 2. The molecule has 0 aliphatic heterocycles. The molecular weight excluding hydrogens is 332 g/mol. The summed E-state index contributed by atoms with van der Waals surface area (Å²) >= 11 is 3.48. The van der Waals surface area contributed by atoms with Crippen LogP contribution in [0.2, 0.25) is 0 Å². The second-order valence-electron chi connectivity index (χ2n) is 5.42. The molecule has 0 unspecified atom stereocenters. The molecule has 2 aromatic rings. The molecule has 4 nitrogen and oxygen atoms in total. The summed E-state index contributed by atoms with van der Waals surface area (Å²) in [5.41, 5.74) is 2.13. The van der Waals surface area contributed by atoms with Gasteiger partial charge in [-0.05, 0) is 42.7 Å². The molecule has 0 atom stereocenters. The molecule has 1 fully saturated rings. The van der Waals surface area contributed by atoms with E-state index in [0.717, 1.165) is 17.3 Å². The number of aromatic nitrogens is 1. The van der Waals surface area contributed by atoms with E-state index < -0.39 is 0 Å². The van der Waals surface area contributed by atoms with E-state index in [1.165, 1.54) is 5.56 Å². The zero-order valence-electron chi connectivity index (χ0n) is 11.4. The molecule has 1 aromatic carbocycles. The van der Waals surface area contributed by atoms with Crippen LogP contribution in [0.1, 0.15) is 39.4 Å². The quantitative estimate of drug-likeness (QED) is 0.817. The fourth-order valence-corrected chi connectivity index (χ4v) is 2.89. The third-order valence-electron chi connectivity index (χ3n) is 3.96. The minimum absolute atomic E-state index is 0.0551. The number of H-pyrrole nitrogens is 1. The first-order chi connectivity index (χ1) is 10.1. The van der Waals surface area contributed by atoms with E-state index in [1.807, 2.05) is 12.1 Å². The van der Waals surface area contributed by atoms with Crippen molar-refractivity contribution in [1.29, 1.82) is 0 Å². The predicted octanol–water partition coefficient (Wildman–Crippen LogP) is 3.05. The number of aromatic amines is 1. The lowest BCUT2D eigenvalue weighted by atomic mass is 9.96. The number of halogens is 1. The Labute approximate surface area is 131 Å². The largest absolute Gasteiger partial charge is 0.350 e. The second kappa shape index (κ2) is 5.48. The molecule has 1 aliphatic rings. The second-order valence-corrected chi connectivity index (χ2v) is 6.33. The number of amides is 1. The van der Waals surface area contributed by atoms with E-state index >= 15 is 0 Å². The summed E-state index contributed by atoms with van der Waals surface area (Å²) in [7, 11) is 0. The molecule has 21 heavy (non-hydrogen) atoms. The Kier molecular flexibility index (Phi) is 3.68. The molecule has 1 aliphatic carbocycles. The SMILES string of the molecule is O=Cc1ccc(C(=O)NCC2(c3cccc(Br)c3)CC2)[nH]1. The summed E-state index contributed by atoms with van der Waals surface area (Å²) in [6.45, 7) is 0.609. The Bertz CT molecular complexity index is 689. The molecule has 1 amide bonds. The van der Waals surface area contributed by atoms with Crippen LogP contribution in [0.5, 0.6) is 0 Å². The molecule has 0 spiro atoms. The maximum Gasteiger partial charge on any atom is 0.267 e. The first-order valence-electron chi connectivity index (χ1n) is 6.81. The van der Waals surface area contributed by atoms with E-state index in [4.69, 9.17) is 0 Å². The molecule has 0 radical (unpaired) electrons. The van der Waals surface area contributed by atoms with Gasteiger partial charge in [0.1, 0.15) is 5.69 Å². The van der Waals surface area contributed by atoms with E-state index in [-0.39, 0.29) is 11.3 Å². The topological polar surface area (TPSA) is 62.0 Å². The summed E-state index contributed by atoms with van der Waals surface area (Å²) in [4.78, 5) is 25.5. The average Bonchev–Trinajstić information content (AvgIpc) is 3.13. The van der Waals surface area contributed by atoms with Crippen molar-refractivity contribution >= 4 is 28.1 Å². The lowest BCUT2D eigenvalue weighted by molar-refractivity contribution is 0.0945. The number of aldehydes is 1. The fourth-order valence-electron chi connectivity index (χ4n) is 2.49. The fraction of sp³-hybridized carbons (Fsp3) is 0.250. The normalized spacial score (nSPS) is 15.5. The lowest BCUT2D eigenvalue weighted by Crippen LogP contribution is -2.32.